The first-order valence-corrected chi connectivity index (χ1v) is 4.45. The highest BCUT2D eigenvalue weighted by Gasteiger charge is 2.06. The zero-order valence-electron chi connectivity index (χ0n) is 8.02. The van der Waals surface area contributed by atoms with Crippen molar-refractivity contribution in [3.63, 3.8) is 0 Å². The number of aromatic nitrogens is 1. The van der Waals surface area contributed by atoms with Crippen molar-refractivity contribution >= 4 is 11.8 Å². The van der Waals surface area contributed by atoms with Gasteiger partial charge in [-0.05, 0) is 37.3 Å². The topological polar surface area (TPSA) is 34.0 Å². The Kier molecular flexibility index (Phi) is 3.12. The van der Waals surface area contributed by atoms with Crippen LogP contribution < -0.4 is 10.4 Å². The first-order valence-electron chi connectivity index (χ1n) is 4.07. The van der Waals surface area contributed by atoms with Gasteiger partial charge in [-0.15, -0.1) is 0 Å². The van der Waals surface area contributed by atoms with Crippen molar-refractivity contribution in [3.05, 3.63) is 33.2 Å². The van der Waals surface area contributed by atoms with E-state index >= 15 is 0 Å². The molecule has 3 nitrogen and oxygen atoms in total. The monoisotopic (exact) mass is 200 g/mol. The van der Waals surface area contributed by atoms with Crippen molar-refractivity contribution in [2.45, 2.75) is 20.4 Å². The van der Waals surface area contributed by atoms with E-state index in [1.165, 1.54) is 0 Å². The minimum atomic E-state index is 0.0191. The van der Waals surface area contributed by atoms with E-state index in [0.717, 1.165) is 16.8 Å². The van der Waals surface area contributed by atoms with Crippen LogP contribution in [0.15, 0.2) is 10.9 Å². The average Bonchev–Trinajstić information content (AvgIpc) is 2.09. The Morgan fingerprint density at radius 2 is 2.15 bits per heavy atom. The lowest BCUT2D eigenvalue weighted by molar-refractivity contribution is 0.778. The summed E-state index contributed by atoms with van der Waals surface area (Å²) in [4.78, 5) is 14.1. The number of nitrogens with one attached hydrogen (secondary N) is 1. The van der Waals surface area contributed by atoms with Crippen LogP contribution in [0.4, 0.5) is 0 Å². The Balaban J connectivity index is 3.35. The van der Waals surface area contributed by atoms with Gasteiger partial charge in [-0.1, -0.05) is 0 Å². The third-order valence-corrected chi connectivity index (χ3v) is 2.37. The van der Waals surface area contributed by atoms with Crippen molar-refractivity contribution in [3.8, 4) is 0 Å². The van der Waals surface area contributed by atoms with Gasteiger partial charge in [0.2, 0.25) is 0 Å². The maximum absolute atomic E-state index is 11.7. The molecule has 0 aliphatic rings. The first kappa shape index (κ1) is 10.3. The summed E-state index contributed by atoms with van der Waals surface area (Å²) in [7, 11) is 1.76. The van der Waals surface area contributed by atoms with Gasteiger partial charge in [0.25, 0.3) is 5.56 Å². The maximum Gasteiger partial charge on any atom is 0.255 e. The Morgan fingerprint density at radius 1 is 1.54 bits per heavy atom. The molecule has 0 amide bonds. The fourth-order valence-electron chi connectivity index (χ4n) is 1.31. The molecule has 0 unspecified atom stereocenters. The van der Waals surface area contributed by atoms with E-state index < -0.39 is 0 Å². The summed E-state index contributed by atoms with van der Waals surface area (Å²) in [5, 5.41) is 0. The molecule has 4 heteroatoms. The van der Waals surface area contributed by atoms with Crippen molar-refractivity contribution in [2.75, 3.05) is 0 Å². The summed E-state index contributed by atoms with van der Waals surface area (Å²) in [5.74, 6) is 0. The van der Waals surface area contributed by atoms with Crippen LogP contribution in [-0.4, -0.2) is 4.57 Å². The predicted molar refractivity (Wildman–Crippen MR) is 53.8 cm³/mol. The van der Waals surface area contributed by atoms with Gasteiger partial charge in [-0.3, -0.25) is 4.79 Å². The van der Waals surface area contributed by atoms with E-state index in [9.17, 15) is 4.79 Å². The Morgan fingerprint density at radius 3 is 2.69 bits per heavy atom. The van der Waals surface area contributed by atoms with Crippen LogP contribution >= 0.6 is 11.8 Å². The zero-order valence-corrected chi connectivity index (χ0v) is 8.77. The van der Waals surface area contributed by atoms with E-state index in [2.05, 4.69) is 4.84 Å². The van der Waals surface area contributed by atoms with Gasteiger partial charge in [0.15, 0.2) is 0 Å². The molecule has 13 heavy (non-hydrogen) atoms. The van der Waals surface area contributed by atoms with Gasteiger partial charge in [0.1, 0.15) is 0 Å². The molecule has 1 rings (SSSR count). The van der Waals surface area contributed by atoms with Crippen LogP contribution in [0.5, 0.6) is 0 Å². The van der Waals surface area contributed by atoms with Crippen molar-refractivity contribution in [1.82, 2.24) is 9.40 Å². The third kappa shape index (κ3) is 1.92. The van der Waals surface area contributed by atoms with Gasteiger partial charge in [-0.25, -0.2) is 4.84 Å². The second-order valence-electron chi connectivity index (χ2n) is 3.12. The van der Waals surface area contributed by atoms with Gasteiger partial charge in [0.05, 0.1) is 0 Å². The molecule has 72 valence electrons. The molecular weight excluding hydrogens is 188 g/mol. The fourth-order valence-corrected chi connectivity index (χ4v) is 1.44. The number of hydrogen-bond donors (Lipinski definition) is 1. The highest BCUT2D eigenvalue weighted by Crippen LogP contribution is 2.04. The first-order chi connectivity index (χ1) is 6.07. The SMILES string of the molecule is Cc1cc(C)n(C)c(=O)c1CNCl. The van der Waals surface area contributed by atoms with Crippen molar-refractivity contribution in [2.24, 2.45) is 7.05 Å². The molecule has 0 aliphatic heterocycles. The molecule has 0 aliphatic carbocycles. The maximum atomic E-state index is 11.7. The molecule has 0 saturated carbocycles. The van der Waals surface area contributed by atoms with Crippen LogP contribution in [0.2, 0.25) is 0 Å². The fraction of sp³-hybridized carbons (Fsp3) is 0.444. The van der Waals surface area contributed by atoms with E-state index in [1.54, 1.807) is 11.6 Å². The molecule has 0 bridgehead atoms. The summed E-state index contributed by atoms with van der Waals surface area (Å²) in [6.07, 6.45) is 0. The lowest BCUT2D eigenvalue weighted by Gasteiger charge is -2.09. The molecule has 1 heterocycles. The lowest BCUT2D eigenvalue weighted by atomic mass is 10.1. The van der Waals surface area contributed by atoms with Gasteiger partial charge < -0.3 is 4.57 Å². The zero-order chi connectivity index (χ0) is 10.0. The number of rotatable bonds is 2. The van der Waals surface area contributed by atoms with Gasteiger partial charge >= 0.3 is 0 Å². The predicted octanol–water partition coefficient (Wildman–Crippen LogP) is 1.25. The van der Waals surface area contributed by atoms with E-state index in [1.807, 2.05) is 19.9 Å². The van der Waals surface area contributed by atoms with Gasteiger partial charge in [-0.2, -0.15) is 0 Å². The van der Waals surface area contributed by atoms with Gasteiger partial charge in [0, 0.05) is 24.8 Å². The molecule has 0 atom stereocenters. The Hall–Kier alpha value is -0.800. The number of halogens is 1. The van der Waals surface area contributed by atoms with Crippen LogP contribution in [0.25, 0.3) is 0 Å². The summed E-state index contributed by atoms with van der Waals surface area (Å²) < 4.78 is 1.62. The average molecular weight is 201 g/mol. The second-order valence-corrected chi connectivity index (χ2v) is 3.39. The summed E-state index contributed by atoms with van der Waals surface area (Å²) in [6.45, 7) is 4.23. The summed E-state index contributed by atoms with van der Waals surface area (Å²) >= 11 is 5.37. The number of pyridine rings is 1. The molecular formula is C9H13ClN2O. The van der Waals surface area contributed by atoms with E-state index in [4.69, 9.17) is 11.8 Å². The van der Waals surface area contributed by atoms with Crippen LogP contribution in [0.1, 0.15) is 16.8 Å². The molecule has 0 fully saturated rings. The Labute approximate surface area is 82.4 Å². The second kappa shape index (κ2) is 3.94. The van der Waals surface area contributed by atoms with E-state index in [0.29, 0.717) is 6.54 Å². The quantitative estimate of drug-likeness (QED) is 0.730. The van der Waals surface area contributed by atoms with Crippen LogP contribution in [0, 0.1) is 13.8 Å². The molecule has 0 spiro atoms. The van der Waals surface area contributed by atoms with Crippen molar-refractivity contribution < 1.29 is 0 Å². The smallest absolute Gasteiger partial charge is 0.255 e. The minimum absolute atomic E-state index is 0.0191. The lowest BCUT2D eigenvalue weighted by Crippen LogP contribution is -2.26. The molecule has 1 aromatic rings. The molecule has 0 aromatic carbocycles. The molecule has 1 N–H and O–H groups in total. The van der Waals surface area contributed by atoms with Crippen LogP contribution in [0.3, 0.4) is 0 Å². The number of nitrogens with zero attached hydrogens (tertiary/aromatic N) is 1. The highest BCUT2D eigenvalue weighted by atomic mass is 35.5. The summed E-state index contributed by atoms with van der Waals surface area (Å²) in [5.41, 5.74) is 2.68. The van der Waals surface area contributed by atoms with E-state index in [-0.39, 0.29) is 5.56 Å². The molecule has 0 saturated heterocycles. The largest absolute Gasteiger partial charge is 0.316 e. The normalized spacial score (nSPS) is 10.5. The Bertz CT molecular complexity index is 371. The van der Waals surface area contributed by atoms with Crippen molar-refractivity contribution in [1.29, 1.82) is 0 Å². The number of aryl methyl sites for hydroxylation is 2. The summed E-state index contributed by atoms with van der Waals surface area (Å²) in [6, 6.07) is 1.98. The highest BCUT2D eigenvalue weighted by molar-refractivity contribution is 6.13. The number of hydrogen-bond acceptors (Lipinski definition) is 2. The standard InChI is InChI=1S/C9H13ClN2O/c1-6-4-7(2)12(3)9(13)8(6)5-11-10/h4,11H,5H2,1-3H3. The molecule has 0 radical (unpaired) electrons. The third-order valence-electron chi connectivity index (χ3n) is 2.24. The molecule has 1 aromatic heterocycles. The van der Waals surface area contributed by atoms with Crippen LogP contribution in [-0.2, 0) is 13.6 Å². The minimum Gasteiger partial charge on any atom is -0.316 e.